The van der Waals surface area contributed by atoms with Gasteiger partial charge in [0.25, 0.3) is 0 Å². The minimum Gasteiger partial charge on any atom is -0.381 e. The summed E-state index contributed by atoms with van der Waals surface area (Å²) in [5, 5.41) is 0. The highest BCUT2D eigenvalue weighted by molar-refractivity contribution is 5.60. The van der Waals surface area contributed by atoms with Crippen LogP contribution in [0.4, 0.5) is 5.82 Å². The van der Waals surface area contributed by atoms with E-state index in [9.17, 15) is 0 Å². The van der Waals surface area contributed by atoms with E-state index >= 15 is 0 Å². The Hall–Kier alpha value is -3.26. The Bertz CT molecular complexity index is 804. The highest BCUT2D eigenvalue weighted by atomic mass is 14.9. The number of nitrogens with two attached hydrogens (primary N) is 1. The zero-order valence-corrected chi connectivity index (χ0v) is 11.1. The minimum absolute atomic E-state index is 0.297. The van der Waals surface area contributed by atoms with Gasteiger partial charge in [0.05, 0.1) is 11.9 Å². The molecule has 0 bridgehead atoms. The zero-order chi connectivity index (χ0) is 14.5. The maximum absolute atomic E-state index is 5.82. The van der Waals surface area contributed by atoms with Crippen LogP contribution in [0.3, 0.4) is 0 Å². The lowest BCUT2D eigenvalue weighted by molar-refractivity contribution is 1.18. The number of nitrogens with zero attached hydrogens (tertiary/aromatic N) is 4. The standard InChI is InChI=1S/C16H11N5/c17-16-14(7-6-13-5-1-2-9-19-13)21-15(11-20-16)12-4-3-8-18-10-12/h1-5,8-11H,(H2,17,20). The van der Waals surface area contributed by atoms with E-state index in [1.165, 1.54) is 0 Å². The van der Waals surface area contributed by atoms with Gasteiger partial charge in [0, 0.05) is 24.2 Å². The van der Waals surface area contributed by atoms with E-state index in [0.29, 0.717) is 22.9 Å². The molecule has 0 spiro atoms. The second kappa shape index (κ2) is 5.80. The molecule has 3 heterocycles. The van der Waals surface area contributed by atoms with Crippen molar-refractivity contribution >= 4 is 5.82 Å². The third kappa shape index (κ3) is 3.01. The molecule has 0 aliphatic rings. The molecule has 0 aliphatic carbocycles. The van der Waals surface area contributed by atoms with Crippen LogP contribution in [-0.2, 0) is 0 Å². The molecule has 2 N–H and O–H groups in total. The topological polar surface area (TPSA) is 77.6 Å². The number of hydrogen-bond donors (Lipinski definition) is 1. The molecule has 0 fully saturated rings. The van der Waals surface area contributed by atoms with Crippen molar-refractivity contribution in [2.24, 2.45) is 0 Å². The van der Waals surface area contributed by atoms with Gasteiger partial charge in [-0.1, -0.05) is 6.07 Å². The van der Waals surface area contributed by atoms with Gasteiger partial charge in [-0.05, 0) is 36.1 Å². The van der Waals surface area contributed by atoms with Crippen molar-refractivity contribution in [2.45, 2.75) is 0 Å². The van der Waals surface area contributed by atoms with E-state index in [2.05, 4.69) is 31.8 Å². The lowest BCUT2D eigenvalue weighted by Gasteiger charge is -2.02. The molecule has 0 aliphatic heterocycles. The lowest BCUT2D eigenvalue weighted by Crippen LogP contribution is -1.99. The summed E-state index contributed by atoms with van der Waals surface area (Å²) in [5.74, 6) is 6.13. The Balaban J connectivity index is 1.98. The molecule has 100 valence electrons. The Morgan fingerprint density at radius 1 is 0.905 bits per heavy atom. The van der Waals surface area contributed by atoms with Crippen molar-refractivity contribution in [1.82, 2.24) is 19.9 Å². The fourth-order valence-electron chi connectivity index (χ4n) is 1.70. The Labute approximate surface area is 121 Å². The van der Waals surface area contributed by atoms with Crippen LogP contribution < -0.4 is 5.73 Å². The smallest absolute Gasteiger partial charge is 0.158 e. The van der Waals surface area contributed by atoms with Crippen LogP contribution in [0.1, 0.15) is 11.4 Å². The van der Waals surface area contributed by atoms with Gasteiger partial charge in [0.15, 0.2) is 11.5 Å². The fourth-order valence-corrected chi connectivity index (χ4v) is 1.70. The van der Waals surface area contributed by atoms with E-state index in [1.807, 2.05) is 30.3 Å². The molecule has 5 nitrogen and oxygen atoms in total. The molecular weight excluding hydrogens is 262 g/mol. The maximum Gasteiger partial charge on any atom is 0.158 e. The van der Waals surface area contributed by atoms with Gasteiger partial charge in [-0.15, -0.1) is 0 Å². The first-order valence-electron chi connectivity index (χ1n) is 6.29. The van der Waals surface area contributed by atoms with Crippen molar-refractivity contribution in [3.63, 3.8) is 0 Å². The summed E-state index contributed by atoms with van der Waals surface area (Å²) in [7, 11) is 0. The molecule has 0 saturated carbocycles. The van der Waals surface area contributed by atoms with Crippen LogP contribution in [0.5, 0.6) is 0 Å². The third-order valence-electron chi connectivity index (χ3n) is 2.73. The first kappa shape index (κ1) is 12.8. The largest absolute Gasteiger partial charge is 0.381 e. The molecule has 0 aromatic carbocycles. The number of aromatic nitrogens is 4. The molecule has 5 heteroatoms. The number of anilines is 1. The third-order valence-corrected chi connectivity index (χ3v) is 2.73. The summed E-state index contributed by atoms with van der Waals surface area (Å²) in [6.45, 7) is 0. The van der Waals surface area contributed by atoms with E-state index < -0.39 is 0 Å². The Morgan fingerprint density at radius 3 is 2.62 bits per heavy atom. The normalized spacial score (nSPS) is 9.71. The summed E-state index contributed by atoms with van der Waals surface area (Å²) in [6, 6.07) is 9.28. The predicted molar refractivity (Wildman–Crippen MR) is 79.9 cm³/mol. The summed E-state index contributed by atoms with van der Waals surface area (Å²) < 4.78 is 0. The molecule has 0 atom stereocenters. The molecule has 0 saturated heterocycles. The number of nitrogen functional groups attached to an aromatic ring is 1. The van der Waals surface area contributed by atoms with Crippen molar-refractivity contribution in [3.8, 4) is 23.1 Å². The quantitative estimate of drug-likeness (QED) is 0.685. The second-order valence-electron chi connectivity index (χ2n) is 4.20. The zero-order valence-electron chi connectivity index (χ0n) is 11.1. The van der Waals surface area contributed by atoms with E-state index in [1.54, 1.807) is 24.8 Å². The van der Waals surface area contributed by atoms with Gasteiger partial charge in [0.1, 0.15) is 5.69 Å². The van der Waals surface area contributed by atoms with E-state index in [0.717, 1.165) is 5.56 Å². The van der Waals surface area contributed by atoms with Gasteiger partial charge < -0.3 is 5.73 Å². The molecule has 0 radical (unpaired) electrons. The van der Waals surface area contributed by atoms with Gasteiger partial charge >= 0.3 is 0 Å². The van der Waals surface area contributed by atoms with Gasteiger partial charge in [-0.25, -0.2) is 15.0 Å². The van der Waals surface area contributed by atoms with Crippen LogP contribution in [0, 0.1) is 11.8 Å². The molecule has 3 aromatic rings. The Morgan fingerprint density at radius 2 is 1.86 bits per heavy atom. The molecule has 21 heavy (non-hydrogen) atoms. The van der Waals surface area contributed by atoms with E-state index in [-0.39, 0.29) is 0 Å². The second-order valence-corrected chi connectivity index (χ2v) is 4.20. The van der Waals surface area contributed by atoms with Crippen molar-refractivity contribution in [1.29, 1.82) is 0 Å². The first-order valence-corrected chi connectivity index (χ1v) is 6.29. The number of rotatable bonds is 1. The molecule has 3 rings (SSSR count). The monoisotopic (exact) mass is 273 g/mol. The minimum atomic E-state index is 0.297. The average molecular weight is 273 g/mol. The SMILES string of the molecule is Nc1ncc(-c2cccnc2)nc1C#Cc1ccccn1. The highest BCUT2D eigenvalue weighted by Crippen LogP contribution is 2.16. The number of hydrogen-bond acceptors (Lipinski definition) is 5. The summed E-state index contributed by atoms with van der Waals surface area (Å²) in [6.07, 6.45) is 6.72. The Kier molecular flexibility index (Phi) is 3.52. The predicted octanol–water partition coefficient (Wildman–Crippen LogP) is 1.92. The summed E-state index contributed by atoms with van der Waals surface area (Å²) >= 11 is 0. The summed E-state index contributed by atoms with van der Waals surface area (Å²) in [4.78, 5) is 16.8. The van der Waals surface area contributed by atoms with E-state index in [4.69, 9.17) is 5.73 Å². The number of pyridine rings is 2. The van der Waals surface area contributed by atoms with Crippen LogP contribution in [0.25, 0.3) is 11.3 Å². The summed E-state index contributed by atoms with van der Waals surface area (Å²) in [5.41, 5.74) is 8.46. The maximum atomic E-state index is 5.82. The van der Waals surface area contributed by atoms with Gasteiger partial charge in [-0.2, -0.15) is 0 Å². The lowest BCUT2D eigenvalue weighted by atomic mass is 10.2. The van der Waals surface area contributed by atoms with Crippen molar-refractivity contribution in [3.05, 3.63) is 66.5 Å². The van der Waals surface area contributed by atoms with Crippen LogP contribution in [-0.4, -0.2) is 19.9 Å². The first-order chi connectivity index (χ1) is 10.3. The average Bonchev–Trinajstić information content (AvgIpc) is 2.56. The molecular formula is C16H11N5. The highest BCUT2D eigenvalue weighted by Gasteiger charge is 2.04. The fraction of sp³-hybridized carbons (Fsp3) is 0. The van der Waals surface area contributed by atoms with Crippen molar-refractivity contribution in [2.75, 3.05) is 5.73 Å². The molecule has 3 aromatic heterocycles. The molecule has 0 amide bonds. The van der Waals surface area contributed by atoms with Gasteiger partial charge in [0.2, 0.25) is 0 Å². The van der Waals surface area contributed by atoms with Crippen molar-refractivity contribution < 1.29 is 0 Å². The van der Waals surface area contributed by atoms with Crippen LogP contribution in [0.2, 0.25) is 0 Å². The van der Waals surface area contributed by atoms with Crippen LogP contribution >= 0.6 is 0 Å². The van der Waals surface area contributed by atoms with Gasteiger partial charge in [-0.3, -0.25) is 4.98 Å². The molecule has 0 unspecified atom stereocenters. The van der Waals surface area contributed by atoms with Crippen LogP contribution in [0.15, 0.2) is 55.1 Å².